The van der Waals surface area contributed by atoms with Gasteiger partial charge in [0, 0.05) is 17.8 Å². The molecule has 0 aliphatic carbocycles. The van der Waals surface area contributed by atoms with Crippen molar-refractivity contribution < 1.29 is 19.1 Å². The fraction of sp³-hybridized carbons (Fsp3) is 0.333. The molecule has 27 heavy (non-hydrogen) atoms. The second-order valence-electron chi connectivity index (χ2n) is 6.96. The van der Waals surface area contributed by atoms with Gasteiger partial charge in [-0.2, -0.15) is 0 Å². The number of amides is 2. The molecule has 0 aliphatic heterocycles. The van der Waals surface area contributed by atoms with Gasteiger partial charge in [-0.05, 0) is 69.7 Å². The highest BCUT2D eigenvalue weighted by Gasteiger charge is 2.15. The number of hydrogen-bond acceptors (Lipinski definition) is 4. The molecular weight excluding hydrogens is 344 g/mol. The maximum Gasteiger partial charge on any atom is 0.407 e. The van der Waals surface area contributed by atoms with Crippen LogP contribution in [-0.2, 0) is 11.3 Å². The summed E-state index contributed by atoms with van der Waals surface area (Å²) in [6.07, 6.45) is -0.472. The predicted molar refractivity (Wildman–Crippen MR) is 105 cm³/mol. The summed E-state index contributed by atoms with van der Waals surface area (Å²) in [5.74, 6) is 0.558. The highest BCUT2D eigenvalue weighted by molar-refractivity contribution is 6.04. The molecule has 6 heteroatoms. The first-order valence-corrected chi connectivity index (χ1v) is 8.87. The van der Waals surface area contributed by atoms with Gasteiger partial charge in [0.25, 0.3) is 5.91 Å². The number of carbonyl (C=O) groups is 2. The average Bonchev–Trinajstić information content (AvgIpc) is 2.61. The van der Waals surface area contributed by atoms with E-state index in [2.05, 4.69) is 10.6 Å². The number of nitrogens with one attached hydrogen (secondary N) is 2. The van der Waals surface area contributed by atoms with E-state index >= 15 is 0 Å². The molecule has 0 aliphatic rings. The van der Waals surface area contributed by atoms with Crippen LogP contribution in [0.2, 0.25) is 0 Å². The molecule has 0 aromatic heterocycles. The maximum absolute atomic E-state index is 12.3. The first-order chi connectivity index (χ1) is 12.8. The Kier molecular flexibility index (Phi) is 6.82. The van der Waals surface area contributed by atoms with Crippen molar-refractivity contribution in [3.63, 3.8) is 0 Å². The Morgan fingerprint density at radius 2 is 1.59 bits per heavy atom. The highest BCUT2D eigenvalue weighted by Crippen LogP contribution is 2.16. The second-order valence-corrected chi connectivity index (χ2v) is 6.96. The average molecular weight is 370 g/mol. The number of rotatable bonds is 6. The van der Waals surface area contributed by atoms with Crippen molar-refractivity contribution in [1.82, 2.24) is 5.32 Å². The molecule has 144 valence electrons. The molecule has 0 spiro atoms. The normalized spacial score (nSPS) is 10.8. The topological polar surface area (TPSA) is 76.7 Å². The third kappa shape index (κ3) is 7.01. The van der Waals surface area contributed by atoms with Crippen LogP contribution in [0.15, 0.2) is 48.5 Å². The van der Waals surface area contributed by atoms with E-state index in [0.29, 0.717) is 24.4 Å². The molecule has 0 heterocycles. The highest BCUT2D eigenvalue weighted by atomic mass is 16.6. The van der Waals surface area contributed by atoms with Gasteiger partial charge in [-0.3, -0.25) is 4.79 Å². The fourth-order valence-electron chi connectivity index (χ4n) is 2.27. The molecule has 0 saturated carbocycles. The van der Waals surface area contributed by atoms with Crippen molar-refractivity contribution in [1.29, 1.82) is 0 Å². The van der Waals surface area contributed by atoms with Gasteiger partial charge in [-0.1, -0.05) is 12.1 Å². The van der Waals surface area contributed by atoms with Crippen LogP contribution in [0.5, 0.6) is 5.75 Å². The van der Waals surface area contributed by atoms with Gasteiger partial charge < -0.3 is 20.1 Å². The van der Waals surface area contributed by atoms with Crippen LogP contribution >= 0.6 is 0 Å². The van der Waals surface area contributed by atoms with E-state index in [1.54, 1.807) is 36.4 Å². The molecule has 0 bridgehead atoms. The summed E-state index contributed by atoms with van der Waals surface area (Å²) in [5, 5.41) is 5.52. The number of hydrogen-bond donors (Lipinski definition) is 2. The number of carbonyl (C=O) groups excluding carboxylic acids is 2. The number of anilines is 1. The molecule has 2 rings (SSSR count). The lowest BCUT2D eigenvalue weighted by Gasteiger charge is -2.19. The van der Waals surface area contributed by atoms with Crippen LogP contribution < -0.4 is 15.4 Å². The van der Waals surface area contributed by atoms with Gasteiger partial charge in [0.15, 0.2) is 0 Å². The van der Waals surface area contributed by atoms with Crippen LogP contribution in [0.1, 0.15) is 43.6 Å². The van der Waals surface area contributed by atoms with E-state index in [-0.39, 0.29) is 5.91 Å². The smallest absolute Gasteiger partial charge is 0.407 e. The Hall–Kier alpha value is -3.02. The summed E-state index contributed by atoms with van der Waals surface area (Å²) in [4.78, 5) is 24.0. The monoisotopic (exact) mass is 370 g/mol. The molecule has 0 atom stereocenters. The number of alkyl carbamates (subject to hydrolysis) is 1. The molecule has 2 aromatic carbocycles. The minimum absolute atomic E-state index is 0.203. The Bertz CT molecular complexity index is 762. The lowest BCUT2D eigenvalue weighted by atomic mass is 10.1. The number of benzene rings is 2. The van der Waals surface area contributed by atoms with Crippen molar-refractivity contribution in [2.45, 2.75) is 39.8 Å². The van der Waals surface area contributed by atoms with Gasteiger partial charge in [0.1, 0.15) is 11.4 Å². The van der Waals surface area contributed by atoms with Crippen LogP contribution in [-0.4, -0.2) is 24.2 Å². The van der Waals surface area contributed by atoms with E-state index in [1.807, 2.05) is 39.8 Å². The number of ether oxygens (including phenoxy) is 2. The summed E-state index contributed by atoms with van der Waals surface area (Å²) in [7, 11) is 0. The quantitative estimate of drug-likeness (QED) is 0.792. The Morgan fingerprint density at radius 1 is 0.963 bits per heavy atom. The molecule has 2 amide bonds. The van der Waals surface area contributed by atoms with Gasteiger partial charge in [-0.25, -0.2) is 4.79 Å². The lowest BCUT2D eigenvalue weighted by molar-refractivity contribution is 0.0523. The third-order valence-electron chi connectivity index (χ3n) is 3.48. The standard InChI is InChI=1S/C21H26N2O4/c1-5-26-18-12-10-17(11-13-18)23-19(24)16-8-6-15(7-9-16)14-22-20(25)27-21(2,3)4/h6-13H,5,14H2,1-4H3,(H,22,25)(H,23,24). The van der Waals surface area contributed by atoms with Gasteiger partial charge in [-0.15, -0.1) is 0 Å². The van der Waals surface area contributed by atoms with Crippen LogP contribution in [0.25, 0.3) is 0 Å². The zero-order chi connectivity index (χ0) is 19.9. The molecule has 0 unspecified atom stereocenters. The van der Waals surface area contributed by atoms with Gasteiger partial charge in [0.2, 0.25) is 0 Å². The Morgan fingerprint density at radius 3 is 2.15 bits per heavy atom. The van der Waals surface area contributed by atoms with Gasteiger partial charge in [0.05, 0.1) is 6.61 Å². The first-order valence-electron chi connectivity index (χ1n) is 8.87. The minimum Gasteiger partial charge on any atom is -0.494 e. The van der Waals surface area contributed by atoms with E-state index in [1.165, 1.54) is 0 Å². The summed E-state index contributed by atoms with van der Waals surface area (Å²) >= 11 is 0. The van der Waals surface area contributed by atoms with Crippen LogP contribution in [0.3, 0.4) is 0 Å². The van der Waals surface area contributed by atoms with Gasteiger partial charge >= 0.3 is 6.09 Å². The van der Waals surface area contributed by atoms with Crippen molar-refractivity contribution in [2.75, 3.05) is 11.9 Å². The van der Waals surface area contributed by atoms with E-state index in [0.717, 1.165) is 11.3 Å². The van der Waals surface area contributed by atoms with Crippen LogP contribution in [0.4, 0.5) is 10.5 Å². The molecule has 2 N–H and O–H groups in total. The molecule has 6 nitrogen and oxygen atoms in total. The maximum atomic E-state index is 12.3. The summed E-state index contributed by atoms with van der Waals surface area (Å²) < 4.78 is 10.6. The largest absolute Gasteiger partial charge is 0.494 e. The minimum atomic E-state index is -0.535. The van der Waals surface area contributed by atoms with Crippen LogP contribution in [0, 0.1) is 0 Å². The summed E-state index contributed by atoms with van der Waals surface area (Å²) in [6.45, 7) is 8.28. The zero-order valence-electron chi connectivity index (χ0n) is 16.2. The second kappa shape index (κ2) is 9.07. The molecule has 2 aromatic rings. The Balaban J connectivity index is 1.88. The SMILES string of the molecule is CCOc1ccc(NC(=O)c2ccc(CNC(=O)OC(C)(C)C)cc2)cc1. The summed E-state index contributed by atoms with van der Waals surface area (Å²) in [5.41, 5.74) is 1.56. The van der Waals surface area contributed by atoms with Crippen molar-refractivity contribution in [2.24, 2.45) is 0 Å². The zero-order valence-corrected chi connectivity index (χ0v) is 16.2. The fourth-order valence-corrected chi connectivity index (χ4v) is 2.27. The molecule has 0 fully saturated rings. The van der Waals surface area contributed by atoms with E-state index < -0.39 is 11.7 Å². The Labute approximate surface area is 159 Å². The van der Waals surface area contributed by atoms with Crippen molar-refractivity contribution in [3.05, 3.63) is 59.7 Å². The predicted octanol–water partition coefficient (Wildman–Crippen LogP) is 4.36. The first kappa shape index (κ1) is 20.3. The van der Waals surface area contributed by atoms with Crippen molar-refractivity contribution in [3.8, 4) is 5.75 Å². The van der Waals surface area contributed by atoms with E-state index in [9.17, 15) is 9.59 Å². The molecule has 0 saturated heterocycles. The lowest BCUT2D eigenvalue weighted by Crippen LogP contribution is -2.32. The third-order valence-corrected chi connectivity index (χ3v) is 3.48. The van der Waals surface area contributed by atoms with E-state index in [4.69, 9.17) is 9.47 Å². The molecular formula is C21H26N2O4. The molecule has 0 radical (unpaired) electrons. The van der Waals surface area contributed by atoms with Crippen molar-refractivity contribution >= 4 is 17.7 Å². The summed E-state index contributed by atoms with van der Waals surface area (Å²) in [6, 6.07) is 14.2.